The standard InChI is InChI=1S/C20H23BrO8/c1-26-29-20(19(25)18(24)17(23)16(10-22)28-20)13-7-8-15(21)12(9-13)11-27-14-5-3-2-4-6-14/h2-9,16-19,22-25H,10-11H2,1H3/t16-,17-,18+,19-,20?/m1/s1. The highest BCUT2D eigenvalue weighted by atomic mass is 79.9. The number of rotatable bonds is 7. The molecule has 0 saturated carbocycles. The van der Waals surface area contributed by atoms with Crippen LogP contribution in [0.5, 0.6) is 5.75 Å². The van der Waals surface area contributed by atoms with Crippen LogP contribution >= 0.6 is 15.9 Å². The first-order valence-electron chi connectivity index (χ1n) is 8.94. The van der Waals surface area contributed by atoms with Crippen molar-refractivity contribution >= 4 is 15.9 Å². The van der Waals surface area contributed by atoms with Crippen molar-refractivity contribution in [2.24, 2.45) is 0 Å². The van der Waals surface area contributed by atoms with Gasteiger partial charge in [-0.3, -0.25) is 0 Å². The van der Waals surface area contributed by atoms with Crippen LogP contribution in [0.4, 0.5) is 0 Å². The van der Waals surface area contributed by atoms with Crippen LogP contribution in [-0.4, -0.2) is 58.6 Å². The van der Waals surface area contributed by atoms with E-state index in [2.05, 4.69) is 15.9 Å². The normalized spacial score (nSPS) is 29.6. The molecule has 9 heteroatoms. The molecule has 3 rings (SSSR count). The molecule has 1 fully saturated rings. The maximum absolute atomic E-state index is 10.7. The van der Waals surface area contributed by atoms with Crippen molar-refractivity contribution < 1.29 is 39.7 Å². The first-order valence-corrected chi connectivity index (χ1v) is 9.73. The summed E-state index contributed by atoms with van der Waals surface area (Å²) in [5.41, 5.74) is 1.02. The van der Waals surface area contributed by atoms with E-state index < -0.39 is 36.8 Å². The summed E-state index contributed by atoms with van der Waals surface area (Å²) in [5, 5.41) is 40.5. The molecule has 0 spiro atoms. The van der Waals surface area contributed by atoms with Gasteiger partial charge in [0.05, 0.1) is 13.7 Å². The topological polar surface area (TPSA) is 118 Å². The number of hydrogen-bond donors (Lipinski definition) is 4. The van der Waals surface area contributed by atoms with Crippen LogP contribution in [0.15, 0.2) is 53.0 Å². The van der Waals surface area contributed by atoms with Gasteiger partial charge in [0.25, 0.3) is 5.79 Å². The second-order valence-electron chi connectivity index (χ2n) is 6.59. The van der Waals surface area contributed by atoms with Crippen LogP contribution in [0.3, 0.4) is 0 Å². The van der Waals surface area contributed by atoms with Gasteiger partial charge in [0.2, 0.25) is 0 Å². The van der Waals surface area contributed by atoms with Gasteiger partial charge in [-0.05, 0) is 24.3 Å². The molecule has 2 aromatic carbocycles. The molecule has 0 radical (unpaired) electrons. The second-order valence-corrected chi connectivity index (χ2v) is 7.44. The molecule has 0 bridgehead atoms. The zero-order chi connectivity index (χ0) is 21.0. The lowest BCUT2D eigenvalue weighted by molar-refractivity contribution is -0.480. The highest BCUT2D eigenvalue weighted by Gasteiger charge is 2.56. The van der Waals surface area contributed by atoms with E-state index in [0.717, 1.165) is 4.47 Å². The molecule has 5 atom stereocenters. The van der Waals surface area contributed by atoms with Gasteiger partial charge in [-0.1, -0.05) is 40.2 Å². The molecule has 2 aromatic rings. The number of aliphatic hydroxyl groups is 4. The predicted octanol–water partition coefficient (Wildman–Crippen LogP) is 1.23. The molecule has 1 unspecified atom stereocenters. The Morgan fingerprint density at radius 3 is 2.45 bits per heavy atom. The summed E-state index contributed by atoms with van der Waals surface area (Å²) < 4.78 is 12.2. The van der Waals surface area contributed by atoms with Crippen LogP contribution < -0.4 is 4.74 Å². The quantitative estimate of drug-likeness (QED) is 0.352. The molecule has 0 aromatic heterocycles. The van der Waals surface area contributed by atoms with Crippen molar-refractivity contribution in [3.05, 3.63) is 64.1 Å². The molecule has 0 amide bonds. The number of halogens is 1. The minimum Gasteiger partial charge on any atom is -0.489 e. The number of benzene rings is 2. The maximum atomic E-state index is 10.7. The largest absolute Gasteiger partial charge is 0.489 e. The third-order valence-corrected chi connectivity index (χ3v) is 5.52. The second kappa shape index (κ2) is 9.50. The smallest absolute Gasteiger partial charge is 0.257 e. The summed E-state index contributed by atoms with van der Waals surface area (Å²) in [5.74, 6) is -1.29. The van der Waals surface area contributed by atoms with Crippen molar-refractivity contribution in [1.29, 1.82) is 0 Å². The summed E-state index contributed by atoms with van der Waals surface area (Å²) in [6.45, 7) is -0.396. The maximum Gasteiger partial charge on any atom is 0.257 e. The van der Waals surface area contributed by atoms with Gasteiger partial charge in [0, 0.05) is 15.6 Å². The summed E-state index contributed by atoms with van der Waals surface area (Å²) in [7, 11) is 1.22. The van der Waals surface area contributed by atoms with Gasteiger partial charge in [-0.25, -0.2) is 4.89 Å². The van der Waals surface area contributed by atoms with Crippen molar-refractivity contribution in [2.45, 2.75) is 36.8 Å². The SMILES string of the molecule is COOC1(c2ccc(Br)c(COc3ccccc3)c2)O[C@H](CO)[C@@H](O)[C@H](O)[C@H]1O. The van der Waals surface area contributed by atoms with Gasteiger partial charge in [-0.2, -0.15) is 4.89 Å². The number of aliphatic hydroxyl groups excluding tert-OH is 4. The van der Waals surface area contributed by atoms with Crippen LogP contribution in [0.1, 0.15) is 11.1 Å². The van der Waals surface area contributed by atoms with Gasteiger partial charge >= 0.3 is 0 Å². The highest BCUT2D eigenvalue weighted by Crippen LogP contribution is 2.41. The Labute approximate surface area is 176 Å². The Bertz CT molecular complexity index is 802. The first kappa shape index (κ1) is 22.1. The Hall–Kier alpha value is -1.56. The van der Waals surface area contributed by atoms with E-state index >= 15 is 0 Å². The van der Waals surface area contributed by atoms with E-state index in [-0.39, 0.29) is 6.61 Å². The summed E-state index contributed by atoms with van der Waals surface area (Å²) >= 11 is 3.46. The lowest BCUT2D eigenvalue weighted by Crippen LogP contribution is -2.64. The zero-order valence-electron chi connectivity index (χ0n) is 15.6. The van der Waals surface area contributed by atoms with Gasteiger partial charge in [-0.15, -0.1) is 0 Å². The molecule has 29 heavy (non-hydrogen) atoms. The van der Waals surface area contributed by atoms with Crippen LogP contribution in [0.25, 0.3) is 0 Å². The fourth-order valence-electron chi connectivity index (χ4n) is 3.20. The number of hydrogen-bond acceptors (Lipinski definition) is 8. The van der Waals surface area contributed by atoms with Crippen molar-refractivity contribution in [2.75, 3.05) is 13.7 Å². The van der Waals surface area contributed by atoms with Gasteiger partial charge in [0.1, 0.15) is 36.8 Å². The van der Waals surface area contributed by atoms with E-state index in [0.29, 0.717) is 16.9 Å². The van der Waals surface area contributed by atoms with E-state index in [1.165, 1.54) is 7.11 Å². The first-order chi connectivity index (χ1) is 13.9. The fourth-order valence-corrected chi connectivity index (χ4v) is 3.56. The molecule has 1 saturated heterocycles. The minimum atomic E-state index is -1.97. The van der Waals surface area contributed by atoms with Gasteiger partial charge in [0.15, 0.2) is 0 Å². The van der Waals surface area contributed by atoms with Crippen molar-refractivity contribution in [3.8, 4) is 5.75 Å². The van der Waals surface area contributed by atoms with E-state index in [1.54, 1.807) is 18.2 Å². The van der Waals surface area contributed by atoms with Crippen molar-refractivity contribution in [1.82, 2.24) is 0 Å². The van der Waals surface area contributed by atoms with E-state index in [1.807, 2.05) is 30.3 Å². The molecule has 1 aliphatic rings. The highest BCUT2D eigenvalue weighted by molar-refractivity contribution is 9.10. The molecule has 1 heterocycles. The number of ether oxygens (including phenoxy) is 2. The summed E-state index contributed by atoms with van der Waals surface area (Å²) in [6, 6.07) is 14.2. The third kappa shape index (κ3) is 4.47. The fraction of sp³-hybridized carbons (Fsp3) is 0.400. The molecule has 158 valence electrons. The molecular formula is C20H23BrO8. The Kier molecular flexibility index (Phi) is 7.25. The monoisotopic (exact) mass is 470 g/mol. The van der Waals surface area contributed by atoms with E-state index in [4.69, 9.17) is 19.2 Å². The molecular weight excluding hydrogens is 448 g/mol. The zero-order valence-corrected chi connectivity index (χ0v) is 17.2. The molecule has 4 N–H and O–H groups in total. The van der Waals surface area contributed by atoms with Crippen LogP contribution in [-0.2, 0) is 26.9 Å². The molecule has 1 aliphatic heterocycles. The van der Waals surface area contributed by atoms with Crippen LogP contribution in [0.2, 0.25) is 0 Å². The molecule has 0 aliphatic carbocycles. The average molecular weight is 471 g/mol. The predicted molar refractivity (Wildman–Crippen MR) is 105 cm³/mol. The average Bonchev–Trinajstić information content (AvgIpc) is 2.74. The Balaban J connectivity index is 1.95. The lowest BCUT2D eigenvalue weighted by Gasteiger charge is -2.46. The Morgan fingerprint density at radius 1 is 1.07 bits per heavy atom. The lowest BCUT2D eigenvalue weighted by atomic mass is 9.87. The summed E-state index contributed by atoms with van der Waals surface area (Å²) in [4.78, 5) is 10.0. The summed E-state index contributed by atoms with van der Waals surface area (Å²) in [6.07, 6.45) is -6.02. The van der Waals surface area contributed by atoms with Crippen molar-refractivity contribution in [3.63, 3.8) is 0 Å². The van der Waals surface area contributed by atoms with Crippen LogP contribution in [0, 0.1) is 0 Å². The molecule has 8 nitrogen and oxygen atoms in total. The van der Waals surface area contributed by atoms with Gasteiger partial charge < -0.3 is 29.9 Å². The third-order valence-electron chi connectivity index (χ3n) is 4.74. The Morgan fingerprint density at radius 2 is 1.79 bits per heavy atom. The minimum absolute atomic E-state index is 0.201. The van der Waals surface area contributed by atoms with E-state index in [9.17, 15) is 20.4 Å². The number of para-hydroxylation sites is 1.